The average molecular weight is 381 g/mol. The van der Waals surface area contributed by atoms with E-state index in [0.29, 0.717) is 5.69 Å². The third kappa shape index (κ3) is 3.82. The van der Waals surface area contributed by atoms with Gasteiger partial charge in [-0.1, -0.05) is 30.3 Å². The number of alkyl halides is 6. The fourth-order valence-electron chi connectivity index (χ4n) is 2.95. The van der Waals surface area contributed by atoms with Crippen LogP contribution in [-0.2, 0) is 12.4 Å². The number of aryl methyl sites for hydroxylation is 1. The maximum Gasteiger partial charge on any atom is 0.417 e. The van der Waals surface area contributed by atoms with E-state index in [1.54, 1.807) is 12.1 Å². The molecule has 3 rings (SSSR count). The van der Waals surface area contributed by atoms with E-state index in [2.05, 4.69) is 4.98 Å². The molecule has 0 atom stereocenters. The zero-order valence-electron chi connectivity index (χ0n) is 14.0. The van der Waals surface area contributed by atoms with Crippen molar-refractivity contribution in [1.82, 2.24) is 4.98 Å². The van der Waals surface area contributed by atoms with Gasteiger partial charge in [-0.15, -0.1) is 0 Å². The van der Waals surface area contributed by atoms with Crippen LogP contribution in [0.2, 0.25) is 0 Å². The van der Waals surface area contributed by atoms with Gasteiger partial charge in [-0.25, -0.2) is 0 Å². The Balaban J connectivity index is 2.30. The molecule has 1 heterocycles. The van der Waals surface area contributed by atoms with Crippen molar-refractivity contribution in [2.45, 2.75) is 19.3 Å². The molecular weight excluding hydrogens is 368 g/mol. The Morgan fingerprint density at radius 2 is 1.44 bits per heavy atom. The van der Waals surface area contributed by atoms with Gasteiger partial charge in [0.1, 0.15) is 0 Å². The molecule has 0 fully saturated rings. The maximum absolute atomic E-state index is 13.7. The molecule has 7 heteroatoms. The first kappa shape index (κ1) is 18.9. The molecule has 2 aromatic carbocycles. The van der Waals surface area contributed by atoms with Gasteiger partial charge >= 0.3 is 12.4 Å². The molecule has 1 nitrogen and oxygen atoms in total. The van der Waals surface area contributed by atoms with Gasteiger partial charge in [0.05, 0.1) is 16.8 Å². The summed E-state index contributed by atoms with van der Waals surface area (Å²) in [5.74, 6) is 0. The number of aromatic nitrogens is 1. The first-order valence-electron chi connectivity index (χ1n) is 7.89. The lowest BCUT2D eigenvalue weighted by Crippen LogP contribution is -2.12. The van der Waals surface area contributed by atoms with E-state index in [1.807, 2.05) is 0 Å². The van der Waals surface area contributed by atoms with E-state index >= 15 is 0 Å². The highest BCUT2D eigenvalue weighted by molar-refractivity contribution is 5.78. The fourth-order valence-corrected chi connectivity index (χ4v) is 2.95. The Hall–Kier alpha value is -2.83. The molecule has 27 heavy (non-hydrogen) atoms. The maximum atomic E-state index is 13.7. The summed E-state index contributed by atoms with van der Waals surface area (Å²) in [6.07, 6.45) is -8.17. The van der Waals surface area contributed by atoms with Gasteiger partial charge in [-0.05, 0) is 47.9 Å². The lowest BCUT2D eigenvalue weighted by atomic mass is 9.89. The highest BCUT2D eigenvalue weighted by Crippen LogP contribution is 2.44. The summed E-state index contributed by atoms with van der Waals surface area (Å²) >= 11 is 0. The first-order chi connectivity index (χ1) is 12.6. The second-order valence-electron chi connectivity index (χ2n) is 5.97. The molecule has 140 valence electrons. The standard InChI is InChI=1S/C20H13F6N/c1-12-5-4-6-15(19(21,22)23)18(12)14-9-8-13(11-16(14)20(24,25)26)17-7-2-3-10-27-17/h2-11H,1H3. The number of hydrogen-bond donors (Lipinski definition) is 0. The molecule has 0 radical (unpaired) electrons. The Labute approximate surface area is 151 Å². The number of rotatable bonds is 2. The molecule has 0 N–H and O–H groups in total. The summed E-state index contributed by atoms with van der Waals surface area (Å²) in [6.45, 7) is 1.36. The third-order valence-electron chi connectivity index (χ3n) is 4.13. The molecule has 0 amide bonds. The fraction of sp³-hybridized carbons (Fsp3) is 0.150. The quantitative estimate of drug-likeness (QED) is 0.447. The Morgan fingerprint density at radius 3 is 2.04 bits per heavy atom. The summed E-state index contributed by atoms with van der Waals surface area (Å²) in [5.41, 5.74) is -2.62. The normalized spacial score (nSPS) is 12.3. The van der Waals surface area contributed by atoms with E-state index in [0.717, 1.165) is 18.2 Å². The predicted octanol–water partition coefficient (Wildman–Crippen LogP) is 6.76. The smallest absolute Gasteiger partial charge is 0.256 e. The molecular formula is C20H13F6N. The summed E-state index contributed by atoms with van der Waals surface area (Å²) < 4.78 is 81.3. The summed E-state index contributed by atoms with van der Waals surface area (Å²) in [4.78, 5) is 4.00. The van der Waals surface area contributed by atoms with E-state index < -0.39 is 34.6 Å². The second kappa shape index (κ2) is 6.72. The summed E-state index contributed by atoms with van der Waals surface area (Å²) in [5, 5.41) is 0. The SMILES string of the molecule is Cc1cccc(C(F)(F)F)c1-c1ccc(-c2ccccn2)cc1C(F)(F)F. The second-order valence-corrected chi connectivity index (χ2v) is 5.97. The van der Waals surface area contributed by atoms with Crippen LogP contribution in [0.15, 0.2) is 60.8 Å². The zero-order chi connectivity index (χ0) is 19.8. The molecule has 0 aliphatic carbocycles. The van der Waals surface area contributed by atoms with Crippen LogP contribution in [-0.4, -0.2) is 4.98 Å². The van der Waals surface area contributed by atoms with Crippen molar-refractivity contribution < 1.29 is 26.3 Å². The number of benzene rings is 2. The van der Waals surface area contributed by atoms with Crippen molar-refractivity contribution in [2.24, 2.45) is 0 Å². The van der Waals surface area contributed by atoms with E-state index in [-0.39, 0.29) is 11.1 Å². The van der Waals surface area contributed by atoms with Gasteiger partial charge < -0.3 is 0 Å². The van der Waals surface area contributed by atoms with Crippen LogP contribution >= 0.6 is 0 Å². The molecule has 1 aromatic heterocycles. The monoisotopic (exact) mass is 381 g/mol. The van der Waals surface area contributed by atoms with E-state index in [4.69, 9.17) is 0 Å². The molecule has 3 aromatic rings. The zero-order valence-corrected chi connectivity index (χ0v) is 14.0. The van der Waals surface area contributed by atoms with E-state index in [1.165, 1.54) is 37.4 Å². The van der Waals surface area contributed by atoms with Crippen LogP contribution in [0.25, 0.3) is 22.4 Å². The van der Waals surface area contributed by atoms with Crippen molar-refractivity contribution in [2.75, 3.05) is 0 Å². The highest BCUT2D eigenvalue weighted by atomic mass is 19.4. The van der Waals surface area contributed by atoms with Gasteiger partial charge in [-0.2, -0.15) is 26.3 Å². The topological polar surface area (TPSA) is 12.9 Å². The van der Waals surface area contributed by atoms with Gasteiger partial charge in [-0.3, -0.25) is 4.98 Å². The first-order valence-corrected chi connectivity index (χ1v) is 7.89. The minimum absolute atomic E-state index is 0.112. The molecule has 0 unspecified atom stereocenters. The molecule has 0 spiro atoms. The van der Waals surface area contributed by atoms with Crippen molar-refractivity contribution in [1.29, 1.82) is 0 Å². The minimum Gasteiger partial charge on any atom is -0.256 e. The molecule has 0 saturated carbocycles. The number of nitrogens with zero attached hydrogens (tertiary/aromatic N) is 1. The van der Waals surface area contributed by atoms with Crippen LogP contribution in [0.5, 0.6) is 0 Å². The predicted molar refractivity (Wildman–Crippen MR) is 89.9 cm³/mol. The molecule has 0 saturated heterocycles. The lowest BCUT2D eigenvalue weighted by molar-refractivity contribution is -0.139. The van der Waals surface area contributed by atoms with Crippen molar-refractivity contribution in [3.05, 3.63) is 77.5 Å². The molecule has 0 aliphatic rings. The van der Waals surface area contributed by atoms with Gasteiger partial charge in [0.15, 0.2) is 0 Å². The number of halogens is 6. The van der Waals surface area contributed by atoms with Crippen molar-refractivity contribution in [3.8, 4) is 22.4 Å². The third-order valence-corrected chi connectivity index (χ3v) is 4.13. The average Bonchev–Trinajstić information content (AvgIpc) is 2.60. The van der Waals surface area contributed by atoms with Gasteiger partial charge in [0.25, 0.3) is 0 Å². The Bertz CT molecular complexity index is 958. The lowest BCUT2D eigenvalue weighted by Gasteiger charge is -2.20. The number of hydrogen-bond acceptors (Lipinski definition) is 1. The molecule has 0 bridgehead atoms. The van der Waals surface area contributed by atoms with E-state index in [9.17, 15) is 26.3 Å². The van der Waals surface area contributed by atoms with Crippen molar-refractivity contribution >= 4 is 0 Å². The van der Waals surface area contributed by atoms with Crippen LogP contribution in [0.4, 0.5) is 26.3 Å². The van der Waals surface area contributed by atoms with Gasteiger partial charge in [0, 0.05) is 11.8 Å². The van der Waals surface area contributed by atoms with Gasteiger partial charge in [0.2, 0.25) is 0 Å². The Morgan fingerprint density at radius 1 is 0.741 bits per heavy atom. The minimum atomic E-state index is -4.83. The van der Waals surface area contributed by atoms with Crippen LogP contribution in [0.1, 0.15) is 16.7 Å². The van der Waals surface area contributed by atoms with Crippen LogP contribution < -0.4 is 0 Å². The van der Waals surface area contributed by atoms with Crippen LogP contribution in [0.3, 0.4) is 0 Å². The summed E-state index contributed by atoms with van der Waals surface area (Å²) in [7, 11) is 0. The highest BCUT2D eigenvalue weighted by Gasteiger charge is 2.39. The number of pyridine rings is 1. The van der Waals surface area contributed by atoms with Crippen LogP contribution in [0, 0.1) is 6.92 Å². The Kier molecular flexibility index (Phi) is 4.71. The largest absolute Gasteiger partial charge is 0.417 e. The molecule has 0 aliphatic heterocycles. The van der Waals surface area contributed by atoms with Crippen molar-refractivity contribution in [3.63, 3.8) is 0 Å². The summed E-state index contributed by atoms with van der Waals surface area (Å²) in [6, 6.07) is 11.3.